The Balaban J connectivity index is 2.50. The number of pyridine rings is 1. The molecule has 0 aliphatic heterocycles. The summed E-state index contributed by atoms with van der Waals surface area (Å²) in [5.41, 5.74) is 4.08. The zero-order valence-corrected chi connectivity index (χ0v) is 9.89. The molecule has 1 heterocycles. The standard InChI is InChI=1S/C12H11N3S/c1-8-9-3-2-4-11(9)15-12(10(8)7-14)16-6-5-13/h2-4,6H2,1H3. The second kappa shape index (κ2) is 4.55. The van der Waals surface area contributed by atoms with E-state index in [0.717, 1.165) is 35.5 Å². The van der Waals surface area contributed by atoms with Crippen LogP contribution in [0.4, 0.5) is 0 Å². The van der Waals surface area contributed by atoms with E-state index in [9.17, 15) is 0 Å². The molecule has 3 nitrogen and oxygen atoms in total. The summed E-state index contributed by atoms with van der Waals surface area (Å²) in [5.74, 6) is 0.347. The van der Waals surface area contributed by atoms with Crippen molar-refractivity contribution in [3.63, 3.8) is 0 Å². The highest BCUT2D eigenvalue weighted by molar-refractivity contribution is 7.99. The van der Waals surface area contributed by atoms with Crippen molar-refractivity contribution in [2.24, 2.45) is 0 Å². The van der Waals surface area contributed by atoms with E-state index in [1.54, 1.807) is 0 Å². The van der Waals surface area contributed by atoms with Crippen molar-refractivity contribution < 1.29 is 0 Å². The molecule has 0 N–H and O–H groups in total. The van der Waals surface area contributed by atoms with Crippen LogP contribution in [0, 0.1) is 29.6 Å². The van der Waals surface area contributed by atoms with Gasteiger partial charge in [-0.2, -0.15) is 10.5 Å². The first-order valence-corrected chi connectivity index (χ1v) is 6.18. The Morgan fingerprint density at radius 2 is 2.19 bits per heavy atom. The van der Waals surface area contributed by atoms with E-state index in [-0.39, 0.29) is 0 Å². The molecule has 0 aromatic carbocycles. The lowest BCUT2D eigenvalue weighted by Gasteiger charge is -2.09. The van der Waals surface area contributed by atoms with Gasteiger partial charge in [-0.1, -0.05) is 11.8 Å². The second-order valence-corrected chi connectivity index (χ2v) is 4.72. The Kier molecular flexibility index (Phi) is 3.12. The molecule has 1 aromatic rings. The minimum Gasteiger partial charge on any atom is -0.245 e. The molecule has 0 radical (unpaired) electrons. The van der Waals surface area contributed by atoms with Crippen molar-refractivity contribution in [1.82, 2.24) is 4.98 Å². The molecule has 2 rings (SSSR count). The lowest BCUT2D eigenvalue weighted by molar-refractivity contribution is 0.891. The van der Waals surface area contributed by atoms with E-state index in [0.29, 0.717) is 11.3 Å². The third kappa shape index (κ3) is 1.77. The Morgan fingerprint density at radius 3 is 2.88 bits per heavy atom. The number of nitrogens with zero attached hydrogens (tertiary/aromatic N) is 3. The molecule has 1 aromatic heterocycles. The lowest BCUT2D eigenvalue weighted by Crippen LogP contribution is -2.00. The van der Waals surface area contributed by atoms with Gasteiger partial charge in [0.15, 0.2) is 0 Å². The van der Waals surface area contributed by atoms with Gasteiger partial charge >= 0.3 is 0 Å². The van der Waals surface area contributed by atoms with Crippen molar-refractivity contribution in [3.8, 4) is 12.1 Å². The topological polar surface area (TPSA) is 60.5 Å². The van der Waals surface area contributed by atoms with Crippen LogP contribution in [0.5, 0.6) is 0 Å². The normalized spacial score (nSPS) is 12.9. The van der Waals surface area contributed by atoms with Gasteiger partial charge in [-0.3, -0.25) is 0 Å². The highest BCUT2D eigenvalue weighted by atomic mass is 32.2. The molecule has 1 aliphatic rings. The molecule has 0 atom stereocenters. The number of aryl methyl sites for hydroxylation is 1. The highest BCUT2D eigenvalue weighted by Crippen LogP contribution is 2.31. The molecule has 80 valence electrons. The Hall–Kier alpha value is -1.52. The monoisotopic (exact) mass is 229 g/mol. The van der Waals surface area contributed by atoms with Gasteiger partial charge in [0.05, 0.1) is 17.4 Å². The molecular weight excluding hydrogens is 218 g/mol. The molecule has 0 fully saturated rings. The van der Waals surface area contributed by atoms with Crippen LogP contribution >= 0.6 is 11.8 Å². The third-order valence-electron chi connectivity index (χ3n) is 2.85. The number of fused-ring (bicyclic) bond motifs is 1. The molecule has 0 bridgehead atoms. The fraction of sp³-hybridized carbons (Fsp3) is 0.417. The largest absolute Gasteiger partial charge is 0.245 e. The number of thioether (sulfide) groups is 1. The first-order valence-electron chi connectivity index (χ1n) is 5.20. The van der Waals surface area contributed by atoms with E-state index in [1.165, 1.54) is 17.3 Å². The molecule has 16 heavy (non-hydrogen) atoms. The molecule has 4 heteroatoms. The van der Waals surface area contributed by atoms with Crippen molar-refractivity contribution in [2.45, 2.75) is 31.2 Å². The molecule has 0 unspecified atom stereocenters. The minimum absolute atomic E-state index is 0.347. The summed E-state index contributed by atoms with van der Waals surface area (Å²) < 4.78 is 0. The van der Waals surface area contributed by atoms with E-state index in [4.69, 9.17) is 10.5 Å². The van der Waals surface area contributed by atoms with Gasteiger partial charge in [0.25, 0.3) is 0 Å². The van der Waals surface area contributed by atoms with Crippen LogP contribution in [0.25, 0.3) is 0 Å². The minimum atomic E-state index is 0.347. The summed E-state index contributed by atoms with van der Waals surface area (Å²) in [6.07, 6.45) is 3.16. The SMILES string of the molecule is Cc1c(C#N)c(SCC#N)nc2c1CCC2. The molecule has 0 saturated carbocycles. The van der Waals surface area contributed by atoms with E-state index < -0.39 is 0 Å². The summed E-state index contributed by atoms with van der Waals surface area (Å²) in [5, 5.41) is 18.4. The second-order valence-electron chi connectivity index (χ2n) is 3.75. The summed E-state index contributed by atoms with van der Waals surface area (Å²) in [4.78, 5) is 4.51. The van der Waals surface area contributed by atoms with Crippen LogP contribution in [-0.2, 0) is 12.8 Å². The number of rotatable bonds is 2. The predicted molar refractivity (Wildman–Crippen MR) is 62.1 cm³/mol. The summed E-state index contributed by atoms with van der Waals surface area (Å²) in [7, 11) is 0. The molecule has 0 saturated heterocycles. The van der Waals surface area contributed by atoms with Crippen LogP contribution in [-0.4, -0.2) is 10.7 Å². The molecular formula is C12H11N3S. The van der Waals surface area contributed by atoms with Gasteiger partial charge in [0.1, 0.15) is 11.1 Å². The summed E-state index contributed by atoms with van der Waals surface area (Å²) in [6, 6.07) is 4.28. The van der Waals surface area contributed by atoms with Gasteiger partial charge in [-0.05, 0) is 37.3 Å². The first-order chi connectivity index (χ1) is 7.77. The van der Waals surface area contributed by atoms with Gasteiger partial charge in [0.2, 0.25) is 0 Å². The Bertz CT molecular complexity index is 508. The maximum absolute atomic E-state index is 9.14. The van der Waals surface area contributed by atoms with Crippen molar-refractivity contribution >= 4 is 11.8 Å². The van der Waals surface area contributed by atoms with Gasteiger partial charge in [-0.15, -0.1) is 0 Å². The van der Waals surface area contributed by atoms with E-state index in [2.05, 4.69) is 17.1 Å². The van der Waals surface area contributed by atoms with Crippen LogP contribution in [0.2, 0.25) is 0 Å². The van der Waals surface area contributed by atoms with Crippen LogP contribution in [0.15, 0.2) is 5.03 Å². The maximum atomic E-state index is 9.14. The number of hydrogen-bond acceptors (Lipinski definition) is 4. The van der Waals surface area contributed by atoms with E-state index in [1.807, 2.05) is 6.92 Å². The number of hydrogen-bond donors (Lipinski definition) is 0. The summed E-state index contributed by atoms with van der Waals surface area (Å²) >= 11 is 1.36. The molecule has 1 aliphatic carbocycles. The van der Waals surface area contributed by atoms with Crippen molar-refractivity contribution in [1.29, 1.82) is 10.5 Å². The maximum Gasteiger partial charge on any atom is 0.115 e. The fourth-order valence-electron chi connectivity index (χ4n) is 2.08. The predicted octanol–water partition coefficient (Wildman–Crippen LogP) is 2.37. The van der Waals surface area contributed by atoms with Crippen LogP contribution in [0.3, 0.4) is 0 Å². The Morgan fingerprint density at radius 1 is 1.38 bits per heavy atom. The highest BCUT2D eigenvalue weighted by Gasteiger charge is 2.20. The lowest BCUT2D eigenvalue weighted by atomic mass is 10.0. The van der Waals surface area contributed by atoms with Gasteiger partial charge in [0, 0.05) is 5.69 Å². The van der Waals surface area contributed by atoms with Gasteiger partial charge < -0.3 is 0 Å². The van der Waals surface area contributed by atoms with E-state index >= 15 is 0 Å². The zero-order chi connectivity index (χ0) is 11.5. The van der Waals surface area contributed by atoms with Crippen LogP contribution < -0.4 is 0 Å². The first kappa shape index (κ1) is 11.0. The van der Waals surface area contributed by atoms with Crippen LogP contribution in [0.1, 0.15) is 28.8 Å². The number of nitriles is 2. The van der Waals surface area contributed by atoms with Crippen molar-refractivity contribution in [2.75, 3.05) is 5.75 Å². The van der Waals surface area contributed by atoms with Gasteiger partial charge in [-0.25, -0.2) is 4.98 Å². The quantitative estimate of drug-likeness (QED) is 0.730. The Labute approximate surface area is 99.1 Å². The zero-order valence-electron chi connectivity index (χ0n) is 9.08. The average Bonchev–Trinajstić information content (AvgIpc) is 2.75. The molecule has 0 amide bonds. The number of aromatic nitrogens is 1. The summed E-state index contributed by atoms with van der Waals surface area (Å²) in [6.45, 7) is 1.99. The average molecular weight is 229 g/mol. The molecule has 0 spiro atoms. The third-order valence-corrected chi connectivity index (χ3v) is 3.69. The smallest absolute Gasteiger partial charge is 0.115 e. The van der Waals surface area contributed by atoms with Crippen molar-refractivity contribution in [3.05, 3.63) is 22.4 Å². The fourth-order valence-corrected chi connectivity index (χ4v) is 2.80.